The molecule has 0 aliphatic carbocycles. The monoisotopic (exact) mass is 325 g/mol. The van der Waals surface area contributed by atoms with Crippen LogP contribution >= 0.6 is 11.6 Å². The second-order valence-electron chi connectivity index (χ2n) is 5.41. The van der Waals surface area contributed by atoms with Gasteiger partial charge in [-0.1, -0.05) is 17.7 Å². The Morgan fingerprint density at radius 1 is 1.45 bits per heavy atom. The van der Waals surface area contributed by atoms with Crippen LogP contribution in [0.5, 0.6) is 5.88 Å². The molecule has 0 N–H and O–H groups in total. The van der Waals surface area contributed by atoms with E-state index >= 15 is 0 Å². The quantitative estimate of drug-likeness (QED) is 0.654. The van der Waals surface area contributed by atoms with Crippen LogP contribution in [-0.2, 0) is 4.79 Å². The first-order chi connectivity index (χ1) is 10.4. The van der Waals surface area contributed by atoms with E-state index < -0.39 is 0 Å². The van der Waals surface area contributed by atoms with Crippen LogP contribution in [-0.4, -0.2) is 61.0 Å². The number of ether oxygens (including phenoxy) is 1. The molecule has 0 unspecified atom stereocenters. The van der Waals surface area contributed by atoms with Gasteiger partial charge in [0.25, 0.3) is 0 Å². The fraction of sp³-hybridized carbons (Fsp3) is 0.500. The lowest BCUT2D eigenvalue weighted by molar-refractivity contribution is -0.129. The van der Waals surface area contributed by atoms with Crippen LogP contribution in [0, 0.1) is 0 Å². The summed E-state index contributed by atoms with van der Waals surface area (Å²) >= 11 is 5.82. The minimum atomic E-state index is -0.0633. The average molecular weight is 326 g/mol. The topological polar surface area (TPSA) is 45.7 Å². The number of carbonyl (C=O) groups excluding carboxylic acids is 1. The van der Waals surface area contributed by atoms with E-state index in [1.807, 2.05) is 18.0 Å². The SMILES string of the molecule is C=CCC[C@H](CN(C)CC(=O)N(C)C)Oc1ccc(Cl)cn1. The van der Waals surface area contributed by atoms with Gasteiger partial charge >= 0.3 is 0 Å². The maximum Gasteiger partial charge on any atom is 0.236 e. The summed E-state index contributed by atoms with van der Waals surface area (Å²) in [7, 11) is 5.40. The summed E-state index contributed by atoms with van der Waals surface area (Å²) in [6, 6.07) is 3.49. The maximum absolute atomic E-state index is 11.7. The fourth-order valence-electron chi connectivity index (χ4n) is 1.88. The summed E-state index contributed by atoms with van der Waals surface area (Å²) in [4.78, 5) is 19.4. The van der Waals surface area contributed by atoms with Crippen molar-refractivity contribution in [2.24, 2.45) is 0 Å². The molecule has 0 spiro atoms. The first kappa shape index (κ1) is 18.5. The molecule has 0 fully saturated rings. The smallest absolute Gasteiger partial charge is 0.236 e. The molecule has 0 aromatic carbocycles. The Hall–Kier alpha value is -1.59. The Morgan fingerprint density at radius 2 is 2.18 bits per heavy atom. The standard InChI is InChI=1S/C16H24ClN3O2/c1-5-6-7-14(11-20(4)12-16(21)19(2)3)22-15-9-8-13(17)10-18-15/h5,8-10,14H,1,6-7,11-12H2,2-4H3/t14-/m1/s1. The van der Waals surface area contributed by atoms with Gasteiger partial charge in [-0.3, -0.25) is 9.69 Å². The van der Waals surface area contributed by atoms with E-state index in [1.54, 1.807) is 37.3 Å². The molecular formula is C16H24ClN3O2. The summed E-state index contributed by atoms with van der Waals surface area (Å²) in [6.45, 7) is 4.73. The first-order valence-electron chi connectivity index (χ1n) is 7.20. The number of amides is 1. The Balaban J connectivity index is 2.61. The Kier molecular flexibility index (Phi) is 7.91. The van der Waals surface area contributed by atoms with Gasteiger partial charge in [0.2, 0.25) is 11.8 Å². The number of carbonyl (C=O) groups is 1. The summed E-state index contributed by atoms with van der Waals surface area (Å²) in [5.74, 6) is 0.598. The van der Waals surface area contributed by atoms with Gasteiger partial charge in [-0.2, -0.15) is 0 Å². The van der Waals surface area contributed by atoms with E-state index in [9.17, 15) is 4.79 Å². The molecule has 122 valence electrons. The molecule has 22 heavy (non-hydrogen) atoms. The molecule has 5 nitrogen and oxygen atoms in total. The highest BCUT2D eigenvalue weighted by Crippen LogP contribution is 2.15. The van der Waals surface area contributed by atoms with Gasteiger partial charge in [0.05, 0.1) is 11.6 Å². The zero-order valence-corrected chi connectivity index (χ0v) is 14.2. The second kappa shape index (κ2) is 9.43. The van der Waals surface area contributed by atoms with Crippen molar-refractivity contribution >= 4 is 17.5 Å². The van der Waals surface area contributed by atoms with Crippen molar-refractivity contribution in [1.29, 1.82) is 0 Å². The summed E-state index contributed by atoms with van der Waals surface area (Å²) < 4.78 is 5.90. The summed E-state index contributed by atoms with van der Waals surface area (Å²) in [5, 5.41) is 0.573. The van der Waals surface area contributed by atoms with E-state index in [4.69, 9.17) is 16.3 Å². The zero-order valence-electron chi connectivity index (χ0n) is 13.5. The van der Waals surface area contributed by atoms with Crippen molar-refractivity contribution in [2.75, 3.05) is 34.2 Å². The molecule has 0 aliphatic heterocycles. The van der Waals surface area contributed by atoms with Gasteiger partial charge in [0.1, 0.15) is 6.10 Å². The van der Waals surface area contributed by atoms with Crippen LogP contribution < -0.4 is 4.74 Å². The van der Waals surface area contributed by atoms with Gasteiger partial charge in [-0.25, -0.2) is 4.98 Å². The number of nitrogens with zero attached hydrogens (tertiary/aromatic N) is 3. The predicted molar refractivity (Wildman–Crippen MR) is 89.3 cm³/mol. The Morgan fingerprint density at radius 3 is 2.73 bits per heavy atom. The average Bonchev–Trinajstić information content (AvgIpc) is 2.46. The van der Waals surface area contributed by atoms with Crippen molar-refractivity contribution in [3.05, 3.63) is 36.0 Å². The molecule has 0 aliphatic rings. The minimum absolute atomic E-state index is 0.0633. The van der Waals surface area contributed by atoms with Crippen LogP contribution in [0.2, 0.25) is 5.02 Å². The zero-order chi connectivity index (χ0) is 16.5. The van der Waals surface area contributed by atoms with Gasteiger partial charge in [0, 0.05) is 32.9 Å². The third kappa shape index (κ3) is 6.91. The van der Waals surface area contributed by atoms with Crippen LogP contribution in [0.25, 0.3) is 0 Å². The highest BCUT2D eigenvalue weighted by Gasteiger charge is 2.16. The molecule has 0 radical (unpaired) electrons. The number of likely N-dealkylation sites (N-methyl/N-ethyl adjacent to an activating group) is 2. The van der Waals surface area contributed by atoms with Gasteiger partial charge in [-0.05, 0) is 26.0 Å². The second-order valence-corrected chi connectivity index (χ2v) is 5.84. The highest BCUT2D eigenvalue weighted by molar-refractivity contribution is 6.30. The Labute approximate surface area is 137 Å². The number of hydrogen-bond donors (Lipinski definition) is 0. The number of allylic oxidation sites excluding steroid dienone is 1. The molecular weight excluding hydrogens is 302 g/mol. The van der Waals surface area contributed by atoms with Crippen molar-refractivity contribution in [2.45, 2.75) is 18.9 Å². The van der Waals surface area contributed by atoms with Gasteiger partial charge < -0.3 is 9.64 Å². The molecule has 1 aromatic heterocycles. The van der Waals surface area contributed by atoms with Crippen molar-refractivity contribution in [3.8, 4) is 5.88 Å². The molecule has 1 aromatic rings. The van der Waals surface area contributed by atoms with Crippen molar-refractivity contribution in [3.63, 3.8) is 0 Å². The minimum Gasteiger partial charge on any atom is -0.473 e. The summed E-state index contributed by atoms with van der Waals surface area (Å²) in [6.07, 6.45) is 5.01. The fourth-order valence-corrected chi connectivity index (χ4v) is 1.99. The number of pyridine rings is 1. The lowest BCUT2D eigenvalue weighted by Gasteiger charge is -2.25. The summed E-state index contributed by atoms with van der Waals surface area (Å²) in [5.41, 5.74) is 0. The van der Waals surface area contributed by atoms with E-state index in [-0.39, 0.29) is 12.0 Å². The number of aromatic nitrogens is 1. The van der Waals surface area contributed by atoms with Crippen LogP contribution in [0.3, 0.4) is 0 Å². The molecule has 1 atom stereocenters. The number of hydrogen-bond acceptors (Lipinski definition) is 4. The van der Waals surface area contributed by atoms with Crippen molar-refractivity contribution in [1.82, 2.24) is 14.8 Å². The molecule has 0 bridgehead atoms. The largest absolute Gasteiger partial charge is 0.473 e. The lowest BCUT2D eigenvalue weighted by Crippen LogP contribution is -2.39. The molecule has 6 heteroatoms. The molecule has 1 heterocycles. The van der Waals surface area contributed by atoms with E-state index in [1.165, 1.54) is 0 Å². The lowest BCUT2D eigenvalue weighted by atomic mass is 10.2. The predicted octanol–water partition coefficient (Wildman–Crippen LogP) is 2.47. The van der Waals surface area contributed by atoms with Crippen LogP contribution in [0.4, 0.5) is 0 Å². The van der Waals surface area contributed by atoms with Crippen LogP contribution in [0.15, 0.2) is 31.0 Å². The normalized spacial score (nSPS) is 12.0. The van der Waals surface area contributed by atoms with Gasteiger partial charge in [-0.15, -0.1) is 6.58 Å². The number of halogens is 1. The molecule has 0 saturated carbocycles. The van der Waals surface area contributed by atoms with Gasteiger partial charge in [0.15, 0.2) is 0 Å². The Bertz CT molecular complexity index is 477. The van der Waals surface area contributed by atoms with E-state index in [0.29, 0.717) is 24.0 Å². The molecule has 1 rings (SSSR count). The van der Waals surface area contributed by atoms with E-state index in [0.717, 1.165) is 12.8 Å². The third-order valence-electron chi connectivity index (χ3n) is 3.10. The van der Waals surface area contributed by atoms with E-state index in [2.05, 4.69) is 11.6 Å². The highest BCUT2D eigenvalue weighted by atomic mass is 35.5. The van der Waals surface area contributed by atoms with Crippen LogP contribution in [0.1, 0.15) is 12.8 Å². The van der Waals surface area contributed by atoms with Crippen molar-refractivity contribution < 1.29 is 9.53 Å². The molecule has 1 amide bonds. The molecule has 0 saturated heterocycles. The first-order valence-corrected chi connectivity index (χ1v) is 7.58. The number of rotatable bonds is 9. The third-order valence-corrected chi connectivity index (χ3v) is 3.32. The maximum atomic E-state index is 11.7.